The van der Waals surface area contributed by atoms with E-state index in [9.17, 15) is 8.42 Å². The summed E-state index contributed by atoms with van der Waals surface area (Å²) in [4.78, 5) is 4.98. The first-order valence-electron chi connectivity index (χ1n) is 4.73. The molecule has 88 valence electrons. The van der Waals surface area contributed by atoms with Crippen LogP contribution >= 0.6 is 22.0 Å². The maximum Gasteiger partial charge on any atom is 0.279 e. The fourth-order valence-corrected chi connectivity index (χ4v) is 3.95. The Morgan fingerprint density at radius 3 is 2.62 bits per heavy atom. The number of imidazole rings is 1. The number of hydrogen-bond acceptors (Lipinski definition) is 4. The number of aromatic nitrogens is 2. The lowest BCUT2D eigenvalue weighted by Gasteiger charge is -2.03. The number of halogens is 1. The van der Waals surface area contributed by atoms with Crippen LogP contribution < -0.4 is 0 Å². The molecule has 0 bridgehead atoms. The van der Waals surface area contributed by atoms with Crippen LogP contribution in [0.5, 0.6) is 0 Å². The molecule has 0 aliphatic heterocycles. The van der Waals surface area contributed by atoms with Gasteiger partial charge in [-0.1, -0.05) is 13.8 Å². The van der Waals surface area contributed by atoms with Gasteiger partial charge in [-0.15, -0.1) is 11.3 Å². The topological polar surface area (TPSA) is 51.4 Å². The molecule has 2 aromatic rings. The number of hydrogen-bond donors (Lipinski definition) is 0. The average molecular weight is 279 g/mol. The van der Waals surface area contributed by atoms with Crippen molar-refractivity contribution in [1.29, 1.82) is 0 Å². The lowest BCUT2D eigenvalue weighted by molar-refractivity contribution is 0.601. The lowest BCUT2D eigenvalue weighted by atomic mass is 10.2. The van der Waals surface area contributed by atoms with Crippen molar-refractivity contribution in [2.75, 3.05) is 0 Å². The number of fused-ring (bicyclic) bond motifs is 1. The molecule has 0 aliphatic carbocycles. The van der Waals surface area contributed by atoms with Crippen LogP contribution in [0.3, 0.4) is 0 Å². The molecule has 0 saturated carbocycles. The molecule has 7 heteroatoms. The fraction of sp³-hybridized carbons (Fsp3) is 0.444. The molecule has 0 fully saturated rings. The van der Waals surface area contributed by atoms with E-state index in [0.717, 1.165) is 5.69 Å². The second-order valence-corrected chi connectivity index (χ2v) is 7.21. The summed E-state index contributed by atoms with van der Waals surface area (Å²) in [6.07, 6.45) is 0. The number of rotatable bonds is 2. The predicted molar refractivity (Wildman–Crippen MR) is 64.9 cm³/mol. The first-order valence-corrected chi connectivity index (χ1v) is 7.92. The molecule has 16 heavy (non-hydrogen) atoms. The molecular weight excluding hydrogens is 268 g/mol. The van der Waals surface area contributed by atoms with Gasteiger partial charge >= 0.3 is 0 Å². The highest BCUT2D eigenvalue weighted by Gasteiger charge is 2.26. The predicted octanol–water partition coefficient (Wildman–Crippen LogP) is 2.76. The van der Waals surface area contributed by atoms with Crippen molar-refractivity contribution in [3.63, 3.8) is 0 Å². The molecule has 2 aromatic heterocycles. The number of thiazole rings is 1. The van der Waals surface area contributed by atoms with Crippen LogP contribution in [0.4, 0.5) is 0 Å². The molecule has 0 unspecified atom stereocenters. The van der Waals surface area contributed by atoms with Gasteiger partial charge < -0.3 is 0 Å². The Kier molecular flexibility index (Phi) is 2.76. The minimum atomic E-state index is -3.77. The third kappa shape index (κ3) is 1.74. The molecule has 0 spiro atoms. The SMILES string of the molecule is Cc1csc2nc(C(C)C)c(S(=O)(=O)Cl)n12. The van der Waals surface area contributed by atoms with Gasteiger partial charge in [0.2, 0.25) is 0 Å². The van der Waals surface area contributed by atoms with Gasteiger partial charge in [-0.05, 0) is 12.8 Å². The van der Waals surface area contributed by atoms with Gasteiger partial charge in [0.05, 0.1) is 5.69 Å². The quantitative estimate of drug-likeness (QED) is 0.794. The summed E-state index contributed by atoms with van der Waals surface area (Å²) >= 11 is 1.41. The second-order valence-electron chi connectivity index (χ2n) is 3.89. The minimum Gasteiger partial charge on any atom is -0.277 e. The van der Waals surface area contributed by atoms with Gasteiger partial charge in [0.1, 0.15) is 0 Å². The second kappa shape index (κ2) is 3.72. The molecule has 0 N–H and O–H groups in total. The van der Waals surface area contributed by atoms with Crippen LogP contribution in [-0.2, 0) is 9.05 Å². The Morgan fingerprint density at radius 1 is 1.50 bits per heavy atom. The third-order valence-electron chi connectivity index (χ3n) is 2.30. The first kappa shape index (κ1) is 11.9. The zero-order valence-corrected chi connectivity index (χ0v) is 11.4. The zero-order valence-electron chi connectivity index (χ0n) is 9.06. The van der Waals surface area contributed by atoms with Crippen LogP contribution in [-0.4, -0.2) is 17.8 Å². The van der Waals surface area contributed by atoms with Crippen molar-refractivity contribution in [3.8, 4) is 0 Å². The van der Waals surface area contributed by atoms with E-state index in [2.05, 4.69) is 4.98 Å². The van der Waals surface area contributed by atoms with Crippen LogP contribution in [0, 0.1) is 6.92 Å². The summed E-state index contributed by atoms with van der Waals surface area (Å²) in [6.45, 7) is 5.63. The van der Waals surface area contributed by atoms with Gasteiger partial charge in [0, 0.05) is 21.8 Å². The standard InChI is InChI=1S/C9H11ClN2O2S2/c1-5(2)7-8(16(10,13)14)12-6(3)4-15-9(12)11-7/h4-5H,1-3H3. The van der Waals surface area contributed by atoms with E-state index in [-0.39, 0.29) is 10.9 Å². The van der Waals surface area contributed by atoms with E-state index >= 15 is 0 Å². The van der Waals surface area contributed by atoms with Crippen molar-refractivity contribution >= 4 is 36.0 Å². The molecule has 0 aromatic carbocycles. The maximum absolute atomic E-state index is 11.6. The molecule has 0 saturated heterocycles. The summed E-state index contributed by atoms with van der Waals surface area (Å²) in [6, 6.07) is 0. The molecule has 2 rings (SSSR count). The van der Waals surface area contributed by atoms with Crippen molar-refractivity contribution in [2.24, 2.45) is 0 Å². The Balaban J connectivity index is 2.93. The van der Waals surface area contributed by atoms with Crippen LogP contribution in [0.25, 0.3) is 4.96 Å². The summed E-state index contributed by atoms with van der Waals surface area (Å²) in [5.74, 6) is 0.0232. The van der Waals surface area contributed by atoms with Gasteiger partial charge in [0.15, 0.2) is 9.99 Å². The van der Waals surface area contributed by atoms with Gasteiger partial charge in [-0.3, -0.25) is 4.40 Å². The Morgan fingerprint density at radius 2 is 2.12 bits per heavy atom. The summed E-state index contributed by atoms with van der Waals surface area (Å²) < 4.78 is 24.8. The molecule has 0 radical (unpaired) electrons. The third-order valence-corrected chi connectivity index (χ3v) is 4.53. The Labute approximate surface area is 102 Å². The van der Waals surface area contributed by atoms with E-state index in [0.29, 0.717) is 10.7 Å². The smallest absolute Gasteiger partial charge is 0.277 e. The van der Waals surface area contributed by atoms with Crippen LogP contribution in [0.2, 0.25) is 0 Å². The van der Waals surface area contributed by atoms with E-state index in [4.69, 9.17) is 10.7 Å². The molecule has 0 atom stereocenters. The highest BCUT2D eigenvalue weighted by Crippen LogP contribution is 2.30. The number of nitrogens with zero attached hydrogens (tertiary/aromatic N) is 2. The summed E-state index contributed by atoms with van der Waals surface area (Å²) in [5.41, 5.74) is 1.36. The minimum absolute atomic E-state index is 0.0232. The van der Waals surface area contributed by atoms with Crippen LogP contribution in [0.1, 0.15) is 31.2 Å². The normalized spacial score (nSPS) is 12.8. The Hall–Kier alpha value is -0.590. The highest BCUT2D eigenvalue weighted by atomic mass is 35.7. The van der Waals surface area contributed by atoms with Gasteiger partial charge in [-0.25, -0.2) is 13.4 Å². The maximum atomic E-state index is 11.6. The summed E-state index contributed by atoms with van der Waals surface area (Å²) in [7, 11) is 1.70. The van der Waals surface area contributed by atoms with E-state index in [1.54, 1.807) is 4.40 Å². The summed E-state index contributed by atoms with van der Waals surface area (Å²) in [5, 5.41) is 1.97. The number of aryl methyl sites for hydroxylation is 1. The molecule has 0 aliphatic rings. The average Bonchev–Trinajstić information content (AvgIpc) is 2.64. The first-order chi connectivity index (χ1) is 7.32. The van der Waals surface area contributed by atoms with Crippen molar-refractivity contribution in [3.05, 3.63) is 16.8 Å². The Bertz CT molecular complexity index is 640. The monoisotopic (exact) mass is 278 g/mol. The van der Waals surface area contributed by atoms with Crippen molar-refractivity contribution < 1.29 is 8.42 Å². The fourth-order valence-electron chi connectivity index (χ4n) is 1.59. The highest BCUT2D eigenvalue weighted by molar-refractivity contribution is 8.13. The molecule has 4 nitrogen and oxygen atoms in total. The van der Waals surface area contributed by atoms with Crippen LogP contribution in [0.15, 0.2) is 10.4 Å². The zero-order chi connectivity index (χ0) is 12.1. The van der Waals surface area contributed by atoms with Crippen molar-refractivity contribution in [1.82, 2.24) is 9.38 Å². The van der Waals surface area contributed by atoms with E-state index < -0.39 is 9.05 Å². The van der Waals surface area contributed by atoms with Gasteiger partial charge in [-0.2, -0.15) is 0 Å². The van der Waals surface area contributed by atoms with E-state index in [1.165, 1.54) is 11.3 Å². The largest absolute Gasteiger partial charge is 0.279 e. The van der Waals surface area contributed by atoms with Gasteiger partial charge in [0.25, 0.3) is 9.05 Å². The molecular formula is C9H11ClN2O2S2. The molecule has 0 amide bonds. The van der Waals surface area contributed by atoms with Crippen molar-refractivity contribution in [2.45, 2.75) is 31.7 Å². The lowest BCUT2D eigenvalue weighted by Crippen LogP contribution is -2.03. The van der Waals surface area contributed by atoms with E-state index in [1.807, 2.05) is 26.2 Å². The molecule has 2 heterocycles.